The highest BCUT2D eigenvalue weighted by Crippen LogP contribution is 2.20. The number of benzene rings is 1. The van der Waals surface area contributed by atoms with E-state index in [-0.39, 0.29) is 6.61 Å². The molecule has 1 aliphatic heterocycles. The van der Waals surface area contributed by atoms with Crippen molar-refractivity contribution in [1.82, 2.24) is 4.90 Å². The molecule has 1 fully saturated rings. The zero-order valence-corrected chi connectivity index (χ0v) is 12.7. The molecule has 114 valence electrons. The number of likely N-dealkylation sites (tertiary alicyclic amines) is 1. The van der Waals surface area contributed by atoms with Gasteiger partial charge in [0.15, 0.2) is 0 Å². The largest absolute Gasteiger partial charge is 0.489 e. The maximum atomic E-state index is 10.2. The van der Waals surface area contributed by atoms with E-state index in [1.165, 1.54) is 19.3 Å². The molecule has 1 N–H and O–H groups in total. The van der Waals surface area contributed by atoms with Crippen LogP contribution in [0.1, 0.15) is 38.2 Å². The van der Waals surface area contributed by atoms with Gasteiger partial charge >= 0.3 is 0 Å². The molecule has 0 radical (unpaired) electrons. The van der Waals surface area contributed by atoms with Gasteiger partial charge in [-0.05, 0) is 37.9 Å². The maximum Gasteiger partial charge on any atom is 0.137 e. The Kier molecular flexibility index (Phi) is 6.04. The summed E-state index contributed by atoms with van der Waals surface area (Å²) in [5.41, 5.74) is 0.508. The van der Waals surface area contributed by atoms with Crippen LogP contribution in [0.25, 0.3) is 0 Å². The zero-order valence-electron chi connectivity index (χ0n) is 12.7. The van der Waals surface area contributed by atoms with Gasteiger partial charge in [0.25, 0.3) is 0 Å². The van der Waals surface area contributed by atoms with Crippen LogP contribution in [-0.4, -0.2) is 41.8 Å². The molecule has 1 aromatic rings. The number of para-hydroxylation sites is 1. The number of ether oxygens (including phenoxy) is 1. The molecule has 0 saturated carbocycles. The number of nitriles is 1. The van der Waals surface area contributed by atoms with Gasteiger partial charge in [0.2, 0.25) is 0 Å². The number of aliphatic hydroxyl groups is 1. The van der Waals surface area contributed by atoms with E-state index >= 15 is 0 Å². The Balaban J connectivity index is 1.84. The number of nitrogens with zero attached hydrogens (tertiary/aromatic N) is 2. The lowest BCUT2D eigenvalue weighted by Crippen LogP contribution is -2.44. The van der Waals surface area contributed by atoms with Crippen molar-refractivity contribution in [3.05, 3.63) is 29.8 Å². The standard InChI is InChI=1S/C17H24N2O2/c1-2-15-8-5-6-10-19(15)12-16(20)13-21-17-9-4-3-7-14(17)11-18/h3-4,7,9,15-16,20H,2,5-6,8,10,12-13H2,1H3. The molecule has 2 atom stereocenters. The number of β-amino-alcohol motifs (C(OH)–C–C–N with tert-alkyl or cyclic N) is 1. The summed E-state index contributed by atoms with van der Waals surface area (Å²) < 4.78 is 5.60. The SMILES string of the molecule is CCC1CCCCN1CC(O)COc1ccccc1C#N. The van der Waals surface area contributed by atoms with Gasteiger partial charge in [-0.15, -0.1) is 0 Å². The fourth-order valence-corrected chi connectivity index (χ4v) is 2.96. The Morgan fingerprint density at radius 2 is 2.24 bits per heavy atom. The van der Waals surface area contributed by atoms with Crippen LogP contribution in [0.3, 0.4) is 0 Å². The Morgan fingerprint density at radius 1 is 1.43 bits per heavy atom. The smallest absolute Gasteiger partial charge is 0.137 e. The topological polar surface area (TPSA) is 56.5 Å². The molecule has 0 aromatic heterocycles. The summed E-state index contributed by atoms with van der Waals surface area (Å²) in [6, 6.07) is 9.81. The van der Waals surface area contributed by atoms with Gasteiger partial charge in [-0.1, -0.05) is 25.5 Å². The third-order valence-corrected chi connectivity index (χ3v) is 4.10. The third kappa shape index (κ3) is 4.45. The minimum Gasteiger partial charge on any atom is -0.489 e. The van der Waals surface area contributed by atoms with Crippen molar-refractivity contribution in [2.45, 2.75) is 44.8 Å². The fourth-order valence-electron chi connectivity index (χ4n) is 2.96. The Morgan fingerprint density at radius 3 is 3.00 bits per heavy atom. The van der Waals surface area contributed by atoms with Crippen LogP contribution in [0.4, 0.5) is 0 Å². The van der Waals surface area contributed by atoms with Gasteiger partial charge in [-0.3, -0.25) is 4.90 Å². The van der Waals surface area contributed by atoms with E-state index in [0.717, 1.165) is 13.0 Å². The van der Waals surface area contributed by atoms with Crippen LogP contribution in [0.15, 0.2) is 24.3 Å². The first-order valence-corrected chi connectivity index (χ1v) is 7.78. The normalized spacial score (nSPS) is 20.7. The van der Waals surface area contributed by atoms with Crippen LogP contribution >= 0.6 is 0 Å². The molecule has 21 heavy (non-hydrogen) atoms. The number of piperidine rings is 1. The molecule has 0 aliphatic carbocycles. The van der Waals surface area contributed by atoms with E-state index in [0.29, 0.717) is 23.9 Å². The average Bonchev–Trinajstić information content (AvgIpc) is 2.53. The lowest BCUT2D eigenvalue weighted by molar-refractivity contribution is 0.0387. The van der Waals surface area contributed by atoms with Gasteiger partial charge in [-0.25, -0.2) is 0 Å². The van der Waals surface area contributed by atoms with Gasteiger partial charge in [-0.2, -0.15) is 5.26 Å². The molecule has 2 unspecified atom stereocenters. The molecule has 0 spiro atoms. The van der Waals surface area contributed by atoms with Crippen molar-refractivity contribution in [3.8, 4) is 11.8 Å². The molecule has 1 aliphatic rings. The molecular formula is C17H24N2O2. The van der Waals surface area contributed by atoms with Crippen LogP contribution in [0.5, 0.6) is 5.75 Å². The first kappa shape index (κ1) is 15.8. The summed E-state index contributed by atoms with van der Waals surface area (Å²) in [4.78, 5) is 2.37. The minimum atomic E-state index is -0.524. The zero-order chi connectivity index (χ0) is 15.1. The Labute approximate surface area is 127 Å². The lowest BCUT2D eigenvalue weighted by atomic mass is 10.00. The molecule has 0 amide bonds. The van der Waals surface area contributed by atoms with E-state index < -0.39 is 6.10 Å². The molecule has 4 nitrogen and oxygen atoms in total. The van der Waals surface area contributed by atoms with Gasteiger partial charge in [0.05, 0.1) is 5.56 Å². The van der Waals surface area contributed by atoms with Crippen molar-refractivity contribution in [3.63, 3.8) is 0 Å². The van der Waals surface area contributed by atoms with Crippen LogP contribution < -0.4 is 4.74 Å². The summed E-state index contributed by atoms with van der Waals surface area (Å²) in [7, 11) is 0. The van der Waals surface area contributed by atoms with E-state index in [4.69, 9.17) is 10.00 Å². The summed E-state index contributed by atoms with van der Waals surface area (Å²) >= 11 is 0. The Bertz CT molecular complexity index is 484. The molecule has 2 rings (SSSR count). The van der Waals surface area contributed by atoms with Crippen LogP contribution in [0.2, 0.25) is 0 Å². The predicted molar refractivity (Wildman–Crippen MR) is 82.2 cm³/mol. The third-order valence-electron chi connectivity index (χ3n) is 4.10. The second-order valence-electron chi connectivity index (χ2n) is 5.63. The number of hydrogen-bond acceptors (Lipinski definition) is 4. The molecule has 1 aromatic carbocycles. The monoisotopic (exact) mass is 288 g/mol. The van der Waals surface area contributed by atoms with E-state index in [1.54, 1.807) is 18.2 Å². The first-order valence-electron chi connectivity index (χ1n) is 7.78. The highest BCUT2D eigenvalue weighted by molar-refractivity contribution is 5.42. The molecule has 4 heteroatoms. The molecule has 0 bridgehead atoms. The maximum absolute atomic E-state index is 10.2. The summed E-state index contributed by atoms with van der Waals surface area (Å²) in [6.07, 6.45) is 4.33. The highest BCUT2D eigenvalue weighted by atomic mass is 16.5. The van der Waals surface area contributed by atoms with Crippen LogP contribution in [-0.2, 0) is 0 Å². The predicted octanol–water partition coefficient (Wildman–Crippen LogP) is 2.56. The summed E-state index contributed by atoms with van der Waals surface area (Å²) in [5, 5.41) is 19.2. The van der Waals surface area contributed by atoms with Crippen molar-refractivity contribution in [2.75, 3.05) is 19.7 Å². The van der Waals surface area contributed by atoms with Gasteiger partial charge in [0.1, 0.15) is 24.5 Å². The summed E-state index contributed by atoms with van der Waals surface area (Å²) in [5.74, 6) is 0.546. The van der Waals surface area contributed by atoms with Crippen molar-refractivity contribution in [2.24, 2.45) is 0 Å². The molecule has 1 heterocycles. The quantitative estimate of drug-likeness (QED) is 0.874. The second-order valence-corrected chi connectivity index (χ2v) is 5.63. The highest BCUT2D eigenvalue weighted by Gasteiger charge is 2.23. The van der Waals surface area contributed by atoms with E-state index in [1.807, 2.05) is 6.07 Å². The van der Waals surface area contributed by atoms with Crippen molar-refractivity contribution >= 4 is 0 Å². The number of aliphatic hydroxyl groups excluding tert-OH is 1. The lowest BCUT2D eigenvalue weighted by Gasteiger charge is -2.36. The van der Waals surface area contributed by atoms with E-state index in [2.05, 4.69) is 17.9 Å². The molecule has 1 saturated heterocycles. The summed E-state index contributed by atoms with van der Waals surface area (Å²) in [6.45, 7) is 4.14. The minimum absolute atomic E-state index is 0.228. The van der Waals surface area contributed by atoms with Gasteiger partial charge in [0, 0.05) is 12.6 Å². The number of hydrogen-bond donors (Lipinski definition) is 1. The van der Waals surface area contributed by atoms with E-state index in [9.17, 15) is 5.11 Å². The second kappa shape index (κ2) is 8.02. The Hall–Kier alpha value is -1.57. The molecular weight excluding hydrogens is 264 g/mol. The van der Waals surface area contributed by atoms with Crippen molar-refractivity contribution < 1.29 is 9.84 Å². The van der Waals surface area contributed by atoms with Gasteiger partial charge < -0.3 is 9.84 Å². The van der Waals surface area contributed by atoms with Crippen molar-refractivity contribution in [1.29, 1.82) is 5.26 Å². The van der Waals surface area contributed by atoms with Crippen LogP contribution in [0, 0.1) is 11.3 Å². The fraction of sp³-hybridized carbons (Fsp3) is 0.588. The first-order chi connectivity index (χ1) is 10.2. The number of rotatable bonds is 6. The average molecular weight is 288 g/mol.